The molecule has 1 atom stereocenters. The number of benzene rings is 1. The van der Waals surface area contributed by atoms with E-state index in [9.17, 15) is 10.1 Å². The third kappa shape index (κ3) is 6.22. The number of thiazole rings is 1. The van der Waals surface area contributed by atoms with Crippen molar-refractivity contribution in [2.75, 3.05) is 18.2 Å². The molecule has 4 rings (SSSR count). The van der Waals surface area contributed by atoms with Crippen LogP contribution in [-0.4, -0.2) is 28.7 Å². The highest BCUT2D eigenvalue weighted by atomic mass is 32.2. The Kier molecular flexibility index (Phi) is 7.78. The maximum Gasteiger partial charge on any atom is 0.226 e. The van der Waals surface area contributed by atoms with Gasteiger partial charge in [-0.05, 0) is 66.5 Å². The number of hydrogen-bond acceptors (Lipinski definition) is 7. The van der Waals surface area contributed by atoms with Gasteiger partial charge in [0.05, 0.1) is 18.4 Å². The Morgan fingerprint density at radius 2 is 2.06 bits per heavy atom. The lowest BCUT2D eigenvalue weighted by Gasteiger charge is -2.34. The molecular formula is C27H30N4O2S2. The van der Waals surface area contributed by atoms with Gasteiger partial charge in [-0.15, -0.1) is 23.1 Å². The average Bonchev–Trinajstić information content (AvgIpc) is 3.31. The van der Waals surface area contributed by atoms with E-state index in [0.717, 1.165) is 47.0 Å². The van der Waals surface area contributed by atoms with Gasteiger partial charge in [0.2, 0.25) is 5.91 Å². The molecular weight excluding hydrogens is 476 g/mol. The Bertz CT molecular complexity index is 1240. The summed E-state index contributed by atoms with van der Waals surface area (Å²) < 4.78 is 5.19. The number of nitrogens with zero attached hydrogens (tertiary/aromatic N) is 3. The van der Waals surface area contributed by atoms with Crippen LogP contribution in [0.25, 0.3) is 11.3 Å². The molecule has 0 radical (unpaired) electrons. The Morgan fingerprint density at radius 3 is 2.74 bits per heavy atom. The Hall–Kier alpha value is -2.89. The van der Waals surface area contributed by atoms with E-state index in [1.165, 1.54) is 28.7 Å². The molecule has 8 heteroatoms. The number of nitrogens with one attached hydrogen (secondary N) is 1. The van der Waals surface area contributed by atoms with Gasteiger partial charge >= 0.3 is 0 Å². The van der Waals surface area contributed by atoms with Crippen LogP contribution in [0.4, 0.5) is 5.13 Å². The number of amides is 1. The molecule has 0 aliphatic heterocycles. The van der Waals surface area contributed by atoms with Gasteiger partial charge in [0, 0.05) is 28.8 Å². The third-order valence-electron chi connectivity index (χ3n) is 6.40. The van der Waals surface area contributed by atoms with E-state index in [0.29, 0.717) is 28.8 Å². The fourth-order valence-corrected chi connectivity index (χ4v) is 5.87. The molecule has 0 bridgehead atoms. The minimum Gasteiger partial charge on any atom is -0.497 e. The summed E-state index contributed by atoms with van der Waals surface area (Å²) in [6.07, 6.45) is 3.35. The smallest absolute Gasteiger partial charge is 0.226 e. The summed E-state index contributed by atoms with van der Waals surface area (Å²) in [6, 6.07) is 12.0. The number of aromatic nitrogens is 2. The number of carbonyl (C=O) groups is 1. The van der Waals surface area contributed by atoms with Crippen molar-refractivity contribution in [3.05, 3.63) is 52.5 Å². The van der Waals surface area contributed by atoms with Crippen LogP contribution in [0.1, 0.15) is 50.4 Å². The summed E-state index contributed by atoms with van der Waals surface area (Å²) in [5.74, 6) is 1.84. The molecule has 0 fully saturated rings. The van der Waals surface area contributed by atoms with Crippen molar-refractivity contribution in [2.24, 2.45) is 11.3 Å². The second-order valence-corrected chi connectivity index (χ2v) is 11.7. The molecule has 1 amide bonds. The molecule has 0 saturated heterocycles. The molecule has 1 aliphatic rings. The molecule has 2 aromatic heterocycles. The number of fused-ring (bicyclic) bond motifs is 1. The summed E-state index contributed by atoms with van der Waals surface area (Å²) in [5.41, 5.74) is 4.93. The van der Waals surface area contributed by atoms with E-state index in [1.54, 1.807) is 7.11 Å². The summed E-state index contributed by atoms with van der Waals surface area (Å²) in [6.45, 7) is 6.84. The predicted octanol–water partition coefficient (Wildman–Crippen LogP) is 6.36. The Morgan fingerprint density at radius 1 is 1.29 bits per heavy atom. The maximum atomic E-state index is 12.5. The largest absolute Gasteiger partial charge is 0.497 e. The van der Waals surface area contributed by atoms with Crippen molar-refractivity contribution < 1.29 is 9.53 Å². The first-order valence-electron chi connectivity index (χ1n) is 11.7. The van der Waals surface area contributed by atoms with Crippen LogP contribution in [0.15, 0.2) is 40.7 Å². The minimum absolute atomic E-state index is 0.0994. The SMILES string of the molecule is COc1ccc(-c2csc(NC(=O)CCSc3nc4c(cc3C#N)CC(C(C)(C)C)CC4)n2)cc1. The standard InChI is InChI=1S/C27H30N4O2S2/c1-27(2,3)20-7-10-22-18(14-20)13-19(15-28)25(29-22)34-12-11-24(32)31-26-30-23(16-35-26)17-5-8-21(33-4)9-6-17/h5-6,8-9,13,16,20H,7,10-12,14H2,1-4H3,(H,30,31,32). The Labute approximate surface area is 215 Å². The van der Waals surface area contributed by atoms with Gasteiger partial charge in [-0.2, -0.15) is 5.26 Å². The number of aryl methyl sites for hydroxylation is 1. The Balaban J connectivity index is 1.33. The van der Waals surface area contributed by atoms with E-state index in [-0.39, 0.29) is 11.3 Å². The summed E-state index contributed by atoms with van der Waals surface area (Å²) in [4.78, 5) is 21.8. The first-order chi connectivity index (χ1) is 16.8. The predicted molar refractivity (Wildman–Crippen MR) is 142 cm³/mol. The molecule has 0 saturated carbocycles. The van der Waals surface area contributed by atoms with Crippen molar-refractivity contribution >= 4 is 34.1 Å². The van der Waals surface area contributed by atoms with E-state index in [1.807, 2.05) is 35.7 Å². The first kappa shape index (κ1) is 25.2. The number of ether oxygens (including phenoxy) is 1. The lowest BCUT2D eigenvalue weighted by Crippen LogP contribution is -2.27. The van der Waals surface area contributed by atoms with Crippen molar-refractivity contribution in [2.45, 2.75) is 51.5 Å². The van der Waals surface area contributed by atoms with E-state index in [2.05, 4.69) is 37.1 Å². The van der Waals surface area contributed by atoms with Crippen LogP contribution in [0.2, 0.25) is 0 Å². The lowest BCUT2D eigenvalue weighted by atomic mass is 9.71. The van der Waals surface area contributed by atoms with Crippen molar-refractivity contribution in [3.8, 4) is 23.1 Å². The number of hydrogen-bond donors (Lipinski definition) is 1. The fourth-order valence-electron chi connectivity index (χ4n) is 4.22. The van der Waals surface area contributed by atoms with Crippen LogP contribution >= 0.6 is 23.1 Å². The zero-order chi connectivity index (χ0) is 25.0. The highest BCUT2D eigenvalue weighted by molar-refractivity contribution is 7.99. The lowest BCUT2D eigenvalue weighted by molar-refractivity contribution is -0.115. The second-order valence-electron chi connectivity index (χ2n) is 9.78. The van der Waals surface area contributed by atoms with Gasteiger partial charge in [-0.3, -0.25) is 4.79 Å². The van der Waals surface area contributed by atoms with Gasteiger partial charge < -0.3 is 10.1 Å². The van der Waals surface area contributed by atoms with E-state index in [4.69, 9.17) is 9.72 Å². The fraction of sp³-hybridized carbons (Fsp3) is 0.407. The number of anilines is 1. The summed E-state index contributed by atoms with van der Waals surface area (Å²) in [5, 5.41) is 15.8. The average molecular weight is 507 g/mol. The van der Waals surface area contributed by atoms with Crippen LogP contribution < -0.4 is 10.1 Å². The highest BCUT2D eigenvalue weighted by Gasteiger charge is 2.30. The molecule has 1 aliphatic carbocycles. The van der Waals surface area contributed by atoms with Gasteiger partial charge in [0.15, 0.2) is 5.13 Å². The topological polar surface area (TPSA) is 87.9 Å². The number of carbonyl (C=O) groups excluding carboxylic acids is 1. The van der Waals surface area contributed by atoms with Crippen LogP contribution in [0.5, 0.6) is 5.75 Å². The number of pyridine rings is 1. The molecule has 1 aromatic carbocycles. The summed E-state index contributed by atoms with van der Waals surface area (Å²) >= 11 is 2.87. The van der Waals surface area contributed by atoms with Crippen molar-refractivity contribution in [1.82, 2.24) is 9.97 Å². The zero-order valence-electron chi connectivity index (χ0n) is 20.6. The second kappa shape index (κ2) is 10.8. The van der Waals surface area contributed by atoms with Gasteiger partial charge in [-0.25, -0.2) is 9.97 Å². The number of methoxy groups -OCH3 is 1. The molecule has 2 heterocycles. The molecule has 35 heavy (non-hydrogen) atoms. The summed E-state index contributed by atoms with van der Waals surface area (Å²) in [7, 11) is 1.63. The van der Waals surface area contributed by atoms with E-state index < -0.39 is 0 Å². The molecule has 182 valence electrons. The van der Waals surface area contributed by atoms with Gasteiger partial charge in [-0.1, -0.05) is 20.8 Å². The monoisotopic (exact) mass is 506 g/mol. The van der Waals surface area contributed by atoms with Crippen molar-refractivity contribution in [1.29, 1.82) is 5.26 Å². The van der Waals surface area contributed by atoms with Crippen molar-refractivity contribution in [3.63, 3.8) is 0 Å². The normalized spacial score (nSPS) is 15.2. The number of thioether (sulfide) groups is 1. The van der Waals surface area contributed by atoms with Crippen LogP contribution in [0.3, 0.4) is 0 Å². The van der Waals surface area contributed by atoms with Crippen LogP contribution in [-0.2, 0) is 17.6 Å². The number of nitriles is 1. The highest BCUT2D eigenvalue weighted by Crippen LogP contribution is 2.38. The van der Waals surface area contributed by atoms with Gasteiger partial charge in [0.1, 0.15) is 16.8 Å². The molecule has 1 unspecified atom stereocenters. The number of rotatable bonds is 7. The van der Waals surface area contributed by atoms with Gasteiger partial charge in [0.25, 0.3) is 0 Å². The molecule has 1 N–H and O–H groups in total. The zero-order valence-corrected chi connectivity index (χ0v) is 22.2. The quantitative estimate of drug-likeness (QED) is 0.375. The molecule has 0 spiro atoms. The third-order valence-corrected chi connectivity index (χ3v) is 8.15. The molecule has 6 nitrogen and oxygen atoms in total. The minimum atomic E-state index is -0.0994. The maximum absolute atomic E-state index is 12.5. The first-order valence-corrected chi connectivity index (χ1v) is 13.6. The molecule has 3 aromatic rings. The van der Waals surface area contributed by atoms with E-state index >= 15 is 0 Å². The van der Waals surface area contributed by atoms with Crippen LogP contribution in [0, 0.1) is 22.7 Å².